The molecule has 16 heteroatoms. The number of nitro benzene ring substituents is 4. The largest absolute Gasteiger partial charge is 0.301 e. The molecular formula is C16H14N8O8. The quantitative estimate of drug-likeness (QED) is 0.306. The fourth-order valence-corrected chi connectivity index (χ4v) is 2.27. The molecule has 0 aliphatic heterocycles. The van der Waals surface area contributed by atoms with Gasteiger partial charge in [-0.2, -0.15) is 10.2 Å². The third-order valence-corrected chi connectivity index (χ3v) is 3.86. The molecule has 0 saturated carbocycles. The van der Waals surface area contributed by atoms with Crippen LogP contribution in [0.4, 0.5) is 34.1 Å². The van der Waals surface area contributed by atoms with E-state index in [0.717, 1.165) is 36.4 Å². The molecular weight excluding hydrogens is 432 g/mol. The first-order valence-corrected chi connectivity index (χ1v) is 8.61. The Kier molecular flexibility index (Phi) is 7.37. The molecule has 0 amide bonds. The predicted octanol–water partition coefficient (Wildman–Crippen LogP) is 3.60. The molecule has 2 N–H and O–H groups in total. The normalized spacial score (nSPS) is 11.2. The Morgan fingerprint density at radius 2 is 1.28 bits per heavy atom. The number of hydrogen-bond acceptors (Lipinski definition) is 12. The summed E-state index contributed by atoms with van der Waals surface area (Å²) in [4.78, 5) is 40.7. The van der Waals surface area contributed by atoms with E-state index in [2.05, 4.69) is 21.1 Å². The molecule has 0 aromatic heterocycles. The average molecular weight is 446 g/mol. The highest BCUT2D eigenvalue weighted by molar-refractivity contribution is 6.30. The number of benzene rings is 2. The molecule has 0 aliphatic rings. The van der Waals surface area contributed by atoms with Crippen molar-refractivity contribution in [2.75, 3.05) is 10.9 Å². The zero-order valence-electron chi connectivity index (χ0n) is 16.2. The van der Waals surface area contributed by atoms with Crippen LogP contribution in [0.25, 0.3) is 0 Å². The van der Waals surface area contributed by atoms with Crippen LogP contribution in [-0.4, -0.2) is 31.6 Å². The van der Waals surface area contributed by atoms with Crippen molar-refractivity contribution in [1.82, 2.24) is 0 Å². The number of hydrogen-bond donors (Lipinski definition) is 2. The summed E-state index contributed by atoms with van der Waals surface area (Å²) in [5, 5.41) is 51.6. The number of nitro groups is 4. The Morgan fingerprint density at radius 3 is 1.69 bits per heavy atom. The van der Waals surface area contributed by atoms with Crippen LogP contribution in [0.5, 0.6) is 0 Å². The Hall–Kier alpha value is -5.02. The lowest BCUT2D eigenvalue weighted by Gasteiger charge is -2.04. The van der Waals surface area contributed by atoms with Gasteiger partial charge in [-0.25, -0.2) is 0 Å². The summed E-state index contributed by atoms with van der Waals surface area (Å²) in [6.07, 6.45) is 1.47. The summed E-state index contributed by atoms with van der Waals surface area (Å²) < 4.78 is 0. The van der Waals surface area contributed by atoms with Crippen LogP contribution in [0.3, 0.4) is 0 Å². The monoisotopic (exact) mass is 446 g/mol. The van der Waals surface area contributed by atoms with Gasteiger partial charge in [0.2, 0.25) is 0 Å². The van der Waals surface area contributed by atoms with E-state index in [4.69, 9.17) is 0 Å². The number of anilines is 2. The van der Waals surface area contributed by atoms with Crippen molar-refractivity contribution in [3.8, 4) is 0 Å². The van der Waals surface area contributed by atoms with Gasteiger partial charge in [-0.15, -0.1) is 0 Å². The lowest BCUT2D eigenvalue weighted by atomic mass is 10.2. The number of rotatable bonds is 10. The molecule has 0 fully saturated rings. The second kappa shape index (κ2) is 10.1. The minimum absolute atomic E-state index is 0.0982. The first-order valence-electron chi connectivity index (χ1n) is 8.61. The maximum atomic E-state index is 11.2. The van der Waals surface area contributed by atoms with Gasteiger partial charge in [0, 0.05) is 12.1 Å². The lowest BCUT2D eigenvalue weighted by Crippen LogP contribution is -2.06. The Bertz CT molecular complexity index is 1150. The van der Waals surface area contributed by atoms with E-state index in [1.807, 2.05) is 0 Å². The molecule has 0 spiro atoms. The van der Waals surface area contributed by atoms with E-state index in [9.17, 15) is 40.5 Å². The molecule has 0 heterocycles. The molecule has 2 aromatic carbocycles. The van der Waals surface area contributed by atoms with E-state index < -0.39 is 42.4 Å². The van der Waals surface area contributed by atoms with Gasteiger partial charge in [-0.1, -0.05) is 6.92 Å². The van der Waals surface area contributed by atoms with Crippen molar-refractivity contribution in [2.24, 2.45) is 10.2 Å². The highest BCUT2D eigenvalue weighted by atomic mass is 16.6. The number of hydrazone groups is 2. The van der Waals surface area contributed by atoms with Gasteiger partial charge in [0.05, 0.1) is 43.8 Å². The van der Waals surface area contributed by atoms with Crippen molar-refractivity contribution < 1.29 is 19.7 Å². The van der Waals surface area contributed by atoms with E-state index in [0.29, 0.717) is 6.42 Å². The van der Waals surface area contributed by atoms with Gasteiger partial charge < -0.3 is 0 Å². The maximum absolute atomic E-state index is 11.2. The first kappa shape index (κ1) is 23.3. The summed E-state index contributed by atoms with van der Waals surface area (Å²) in [7, 11) is 0. The fraction of sp³-hybridized carbons (Fsp3) is 0.125. The van der Waals surface area contributed by atoms with Crippen molar-refractivity contribution in [1.29, 1.82) is 0 Å². The van der Waals surface area contributed by atoms with Gasteiger partial charge >= 0.3 is 11.4 Å². The van der Waals surface area contributed by atoms with Crippen LogP contribution in [0.1, 0.15) is 13.3 Å². The van der Waals surface area contributed by atoms with E-state index in [1.54, 1.807) is 6.92 Å². The standard InChI is InChI=1S/C16H14N8O8/c1-2-10(18-20-14-6-4-12(22(27)28)8-16(14)24(31)32)9-17-19-13-5-3-11(21(25)26)7-15(13)23(29)30/h3-9,19-20H,2H2,1H3. The molecule has 0 saturated heterocycles. The summed E-state index contributed by atoms with van der Waals surface area (Å²) >= 11 is 0. The molecule has 32 heavy (non-hydrogen) atoms. The van der Waals surface area contributed by atoms with Gasteiger partial charge in [-0.05, 0) is 18.6 Å². The maximum Gasteiger partial charge on any atom is 0.301 e. The van der Waals surface area contributed by atoms with Crippen LogP contribution < -0.4 is 10.9 Å². The van der Waals surface area contributed by atoms with Gasteiger partial charge in [0.1, 0.15) is 11.4 Å². The van der Waals surface area contributed by atoms with Crippen LogP contribution >= 0.6 is 0 Å². The third-order valence-electron chi connectivity index (χ3n) is 3.86. The van der Waals surface area contributed by atoms with Crippen LogP contribution in [-0.2, 0) is 0 Å². The molecule has 0 unspecified atom stereocenters. The summed E-state index contributed by atoms with van der Waals surface area (Å²) in [5.41, 5.74) is 2.83. The molecule has 0 radical (unpaired) electrons. The molecule has 0 bridgehead atoms. The van der Waals surface area contributed by atoms with E-state index >= 15 is 0 Å². The smallest absolute Gasteiger partial charge is 0.272 e. The van der Waals surface area contributed by atoms with Gasteiger partial charge in [-0.3, -0.25) is 51.3 Å². The molecule has 0 aliphatic carbocycles. The average Bonchev–Trinajstić information content (AvgIpc) is 2.75. The summed E-state index contributed by atoms with van der Waals surface area (Å²) in [6.45, 7) is 1.69. The molecule has 2 aromatic rings. The van der Waals surface area contributed by atoms with Crippen molar-refractivity contribution in [3.63, 3.8) is 0 Å². The summed E-state index contributed by atoms with van der Waals surface area (Å²) in [6, 6.07) is 5.95. The minimum atomic E-state index is -0.811. The van der Waals surface area contributed by atoms with Crippen molar-refractivity contribution in [3.05, 3.63) is 76.9 Å². The van der Waals surface area contributed by atoms with Crippen molar-refractivity contribution >= 4 is 46.1 Å². The molecule has 16 nitrogen and oxygen atoms in total. The third kappa shape index (κ3) is 5.75. The van der Waals surface area contributed by atoms with Crippen molar-refractivity contribution in [2.45, 2.75) is 13.3 Å². The van der Waals surface area contributed by atoms with Crippen LogP contribution in [0.2, 0.25) is 0 Å². The highest BCUT2D eigenvalue weighted by Gasteiger charge is 2.20. The zero-order chi connectivity index (χ0) is 23.8. The molecule has 166 valence electrons. The topological polar surface area (TPSA) is 221 Å². The highest BCUT2D eigenvalue weighted by Crippen LogP contribution is 2.30. The van der Waals surface area contributed by atoms with E-state index in [1.165, 1.54) is 6.21 Å². The fourth-order valence-electron chi connectivity index (χ4n) is 2.27. The number of nitrogens with zero attached hydrogens (tertiary/aromatic N) is 6. The lowest BCUT2D eigenvalue weighted by molar-refractivity contribution is -0.393. The number of nitrogens with one attached hydrogen (secondary N) is 2. The van der Waals surface area contributed by atoms with Gasteiger partial charge in [0.25, 0.3) is 11.4 Å². The Balaban J connectivity index is 2.21. The number of non-ortho nitro benzene ring substituents is 2. The first-order chi connectivity index (χ1) is 15.1. The van der Waals surface area contributed by atoms with Crippen LogP contribution in [0, 0.1) is 40.5 Å². The molecule has 0 atom stereocenters. The SMILES string of the molecule is CCC(C=NNc1ccc([N+](=O)[O-])cc1[N+](=O)[O-])=NNc1ccc([N+](=O)[O-])cc1[N+](=O)[O-]. The second-order valence-electron chi connectivity index (χ2n) is 5.87. The zero-order valence-corrected chi connectivity index (χ0v) is 16.2. The van der Waals surface area contributed by atoms with E-state index in [-0.39, 0.29) is 17.1 Å². The Labute approximate surface area is 177 Å². The second-order valence-corrected chi connectivity index (χ2v) is 5.87. The minimum Gasteiger partial charge on any atom is -0.272 e. The van der Waals surface area contributed by atoms with Crippen LogP contribution in [0.15, 0.2) is 46.6 Å². The predicted molar refractivity (Wildman–Crippen MR) is 113 cm³/mol. The Morgan fingerprint density at radius 1 is 0.812 bits per heavy atom. The summed E-state index contributed by atoms with van der Waals surface area (Å²) in [5.74, 6) is 0. The molecule has 2 rings (SSSR count). The van der Waals surface area contributed by atoms with Gasteiger partial charge in [0.15, 0.2) is 0 Å².